The normalized spacial score (nSPS) is 15.9. The van der Waals surface area contributed by atoms with Gasteiger partial charge >= 0.3 is 0 Å². The second-order valence-electron chi connectivity index (χ2n) is 14.1. The molecule has 1 aliphatic rings. The molecule has 55 heavy (non-hydrogen) atoms. The highest BCUT2D eigenvalue weighted by Gasteiger charge is 2.26. The predicted octanol–water partition coefficient (Wildman–Crippen LogP) is 8.00. The van der Waals surface area contributed by atoms with Crippen LogP contribution in [0.3, 0.4) is 0 Å². The zero-order chi connectivity index (χ0) is 39.4. The third kappa shape index (κ3) is 12.3. The molecule has 2 atom stereocenters. The number of anilines is 1. The van der Waals surface area contributed by atoms with Crippen molar-refractivity contribution < 1.29 is 22.9 Å². The van der Waals surface area contributed by atoms with E-state index in [2.05, 4.69) is 16.1 Å². The summed E-state index contributed by atoms with van der Waals surface area (Å²) in [5, 5.41) is 15.4. The molecule has 5 rings (SSSR count). The number of sulfonamides is 1. The lowest BCUT2D eigenvalue weighted by atomic mass is 10.0. The molecule has 4 aromatic carbocycles. The number of nitro benzene ring substituents is 1. The molecule has 4 aromatic rings. The van der Waals surface area contributed by atoms with E-state index in [1.54, 1.807) is 43.0 Å². The molecule has 290 valence electrons. The highest BCUT2D eigenvalue weighted by molar-refractivity contribution is 7.99. The Morgan fingerprint density at radius 2 is 1.64 bits per heavy atom. The van der Waals surface area contributed by atoms with Gasteiger partial charge in [0.2, 0.25) is 5.91 Å². The van der Waals surface area contributed by atoms with Crippen molar-refractivity contribution in [2.24, 2.45) is 0 Å². The minimum Gasteiger partial charge on any atom is -0.376 e. The fourth-order valence-electron chi connectivity index (χ4n) is 6.62. The van der Waals surface area contributed by atoms with Gasteiger partial charge in [0.15, 0.2) is 0 Å². The molecule has 13 heteroatoms. The number of benzene rings is 4. The van der Waals surface area contributed by atoms with Gasteiger partial charge in [0, 0.05) is 47.8 Å². The first-order valence-corrected chi connectivity index (χ1v) is 20.9. The number of thioether (sulfide) groups is 1. The maximum Gasteiger partial charge on any atom is 0.293 e. The maximum atomic E-state index is 13.3. The van der Waals surface area contributed by atoms with Gasteiger partial charge in [0.05, 0.1) is 9.82 Å². The Hall–Kier alpha value is -4.98. The highest BCUT2D eigenvalue weighted by Crippen LogP contribution is 2.31. The zero-order valence-corrected chi connectivity index (χ0v) is 33.2. The number of carbonyl (C=O) groups excluding carboxylic acids is 2. The summed E-state index contributed by atoms with van der Waals surface area (Å²) in [5.74, 6) is -0.139. The molecule has 1 fully saturated rings. The van der Waals surface area contributed by atoms with Crippen LogP contribution in [0.25, 0.3) is 6.08 Å². The Bertz CT molecular complexity index is 2060. The van der Waals surface area contributed by atoms with E-state index < -0.39 is 26.5 Å². The number of nitrogens with zero attached hydrogens (tertiary/aromatic N) is 3. The molecule has 0 aliphatic heterocycles. The van der Waals surface area contributed by atoms with Gasteiger partial charge < -0.3 is 15.1 Å². The molecular formula is C42H49N5O6S2. The number of nitrogens with one attached hydrogen (secondary N) is 2. The summed E-state index contributed by atoms with van der Waals surface area (Å²) >= 11 is 1.63. The van der Waals surface area contributed by atoms with Crippen molar-refractivity contribution in [3.8, 4) is 0 Å². The number of hydrogen-bond acceptors (Lipinski definition) is 9. The van der Waals surface area contributed by atoms with E-state index >= 15 is 0 Å². The van der Waals surface area contributed by atoms with Crippen LogP contribution in [0, 0.1) is 10.1 Å². The maximum absolute atomic E-state index is 13.3. The second kappa shape index (κ2) is 19.6. The van der Waals surface area contributed by atoms with Crippen molar-refractivity contribution in [2.75, 3.05) is 31.7 Å². The predicted molar refractivity (Wildman–Crippen MR) is 219 cm³/mol. The summed E-state index contributed by atoms with van der Waals surface area (Å²) in [5.41, 5.74) is 3.18. The Balaban J connectivity index is 1.22. The molecule has 0 heterocycles. The summed E-state index contributed by atoms with van der Waals surface area (Å²) < 4.78 is 28.7. The molecule has 0 saturated heterocycles. The topological polar surface area (TPSA) is 142 Å². The number of amides is 2. The number of nitro groups is 1. The van der Waals surface area contributed by atoms with Crippen LogP contribution in [0.15, 0.2) is 118 Å². The van der Waals surface area contributed by atoms with E-state index in [0.717, 1.165) is 60.7 Å². The lowest BCUT2D eigenvalue weighted by Crippen LogP contribution is -2.38. The number of hydrogen-bond donors (Lipinski definition) is 2. The summed E-state index contributed by atoms with van der Waals surface area (Å²) in [6.45, 7) is 2.96. The number of rotatable bonds is 16. The molecule has 0 aromatic heterocycles. The summed E-state index contributed by atoms with van der Waals surface area (Å²) in [7, 11) is -0.525. The van der Waals surface area contributed by atoms with Gasteiger partial charge in [-0.2, -0.15) is 0 Å². The fraction of sp³-hybridized carbons (Fsp3) is 0.333. The molecule has 11 nitrogen and oxygen atoms in total. The van der Waals surface area contributed by atoms with Crippen molar-refractivity contribution >= 4 is 51.1 Å². The molecule has 0 spiro atoms. The monoisotopic (exact) mass is 783 g/mol. The molecule has 0 radical (unpaired) electrons. The molecule has 2 N–H and O–H groups in total. The van der Waals surface area contributed by atoms with Crippen molar-refractivity contribution in [3.05, 3.63) is 136 Å². The fourth-order valence-corrected chi connectivity index (χ4v) is 8.61. The molecule has 1 aliphatic carbocycles. The van der Waals surface area contributed by atoms with E-state index in [-0.39, 0.29) is 34.1 Å². The van der Waals surface area contributed by atoms with Crippen molar-refractivity contribution in [1.82, 2.24) is 14.5 Å². The van der Waals surface area contributed by atoms with Crippen LogP contribution in [0.2, 0.25) is 0 Å². The number of carbonyl (C=O) groups is 2. The molecular weight excluding hydrogens is 735 g/mol. The van der Waals surface area contributed by atoms with Gasteiger partial charge in [-0.1, -0.05) is 72.3 Å². The van der Waals surface area contributed by atoms with Crippen LogP contribution < -0.4 is 10.0 Å². The SMILES string of the molecule is CC(=O)N(Cc1ccccc1)C1CCC/C(=C/c2ccc(C(=O)NS(=O)(=O)c3ccc(N[C@H](CCN(C)C)CSc4ccccc4)c([N+](=O)[O-])c3)cc2)CC1. The Morgan fingerprint density at radius 1 is 0.945 bits per heavy atom. The smallest absolute Gasteiger partial charge is 0.293 e. The average Bonchev–Trinajstić information content (AvgIpc) is 3.40. The van der Waals surface area contributed by atoms with Crippen LogP contribution in [0.5, 0.6) is 0 Å². The van der Waals surface area contributed by atoms with Crippen LogP contribution in [0.4, 0.5) is 11.4 Å². The Kier molecular flexibility index (Phi) is 14.6. The first kappa shape index (κ1) is 41.2. The number of allylic oxidation sites excluding steroid dienone is 1. The van der Waals surface area contributed by atoms with Gasteiger partial charge in [-0.15, -0.1) is 11.8 Å². The Labute approximate surface area is 328 Å². The van der Waals surface area contributed by atoms with E-state index in [1.165, 1.54) is 17.7 Å². The van der Waals surface area contributed by atoms with Crippen LogP contribution in [0.1, 0.15) is 66.9 Å². The average molecular weight is 784 g/mol. The van der Waals surface area contributed by atoms with Crippen molar-refractivity contribution in [3.63, 3.8) is 0 Å². The third-order valence-electron chi connectivity index (χ3n) is 9.60. The van der Waals surface area contributed by atoms with E-state index in [1.807, 2.05) is 84.6 Å². The zero-order valence-electron chi connectivity index (χ0n) is 31.5. The van der Waals surface area contributed by atoms with Gasteiger partial charge in [0.25, 0.3) is 21.6 Å². The summed E-state index contributed by atoms with van der Waals surface area (Å²) in [4.78, 5) is 41.9. The van der Waals surface area contributed by atoms with Crippen LogP contribution in [-0.4, -0.2) is 73.4 Å². The second-order valence-corrected chi connectivity index (χ2v) is 16.8. The van der Waals surface area contributed by atoms with Crippen LogP contribution in [-0.2, 0) is 21.4 Å². The quantitative estimate of drug-likeness (QED) is 0.0500. The lowest BCUT2D eigenvalue weighted by molar-refractivity contribution is -0.384. The van der Waals surface area contributed by atoms with Crippen molar-refractivity contribution in [2.45, 2.75) is 73.9 Å². The van der Waals surface area contributed by atoms with Gasteiger partial charge in [-0.3, -0.25) is 19.7 Å². The first-order valence-electron chi connectivity index (χ1n) is 18.4. The molecule has 1 saturated carbocycles. The van der Waals surface area contributed by atoms with Crippen molar-refractivity contribution in [1.29, 1.82) is 0 Å². The molecule has 0 bridgehead atoms. The van der Waals surface area contributed by atoms with Gasteiger partial charge in [0.1, 0.15) is 5.69 Å². The first-order chi connectivity index (χ1) is 26.4. The van der Waals surface area contributed by atoms with E-state index in [4.69, 9.17) is 0 Å². The van der Waals surface area contributed by atoms with E-state index in [9.17, 15) is 28.1 Å². The summed E-state index contributed by atoms with van der Waals surface area (Å²) in [6.07, 6.45) is 7.27. The van der Waals surface area contributed by atoms with Crippen LogP contribution >= 0.6 is 11.8 Å². The molecule has 1 unspecified atom stereocenters. The largest absolute Gasteiger partial charge is 0.376 e. The van der Waals surface area contributed by atoms with E-state index in [0.29, 0.717) is 18.7 Å². The molecule has 2 amide bonds. The Morgan fingerprint density at radius 3 is 2.29 bits per heavy atom. The summed E-state index contributed by atoms with van der Waals surface area (Å²) in [6, 6.07) is 30.1. The third-order valence-corrected chi connectivity index (χ3v) is 12.1. The standard InChI is InChI=1S/C42H49N5O6S2/c1-31(48)46(29-34-11-6-4-7-12-34)37-14-10-13-32(19-22-37)27-33-17-20-35(21-18-33)42(49)44-55(52,53)39-23-24-40(41(28-39)47(50)51)43-36(25-26-45(2)3)30-54-38-15-8-5-9-16-38/h4-9,11-12,15-18,20-21,23-24,27-28,36-37,43H,10,13-14,19,22,25-26,29-30H2,1-3H3,(H,44,49)/b32-27-/t36-,37?/m1/s1. The lowest BCUT2D eigenvalue weighted by Gasteiger charge is -2.30. The van der Waals surface area contributed by atoms with Gasteiger partial charge in [-0.05, 0) is 107 Å². The highest BCUT2D eigenvalue weighted by atomic mass is 32.2. The minimum atomic E-state index is -4.43. The minimum absolute atomic E-state index is 0.0677. The van der Waals surface area contributed by atoms with Gasteiger partial charge in [-0.25, -0.2) is 13.1 Å².